The third-order valence-electron chi connectivity index (χ3n) is 5.92. The molecule has 1 atom stereocenters. The Morgan fingerprint density at radius 1 is 1.32 bits per heavy atom. The molecule has 0 unspecified atom stereocenters. The Balaban J connectivity index is 1.41. The molecule has 174 valence electrons. The number of pyridine rings is 1. The van der Waals surface area contributed by atoms with Crippen molar-refractivity contribution >= 4 is 11.7 Å². The summed E-state index contributed by atoms with van der Waals surface area (Å²) in [6.07, 6.45) is 7.44. The molecule has 1 aromatic carbocycles. The molecule has 1 saturated carbocycles. The number of aliphatic hydroxyl groups excluding tert-OH is 1. The summed E-state index contributed by atoms with van der Waals surface area (Å²) in [6, 6.07) is 7.68. The third-order valence-corrected chi connectivity index (χ3v) is 5.92. The molecular weight excluding hydrogens is 437 g/mol. The van der Waals surface area contributed by atoms with Gasteiger partial charge in [0.25, 0.3) is 5.91 Å². The van der Waals surface area contributed by atoms with Gasteiger partial charge in [0.15, 0.2) is 0 Å². The number of aromatic nitrogens is 6. The molecule has 1 amide bonds. The number of amides is 1. The van der Waals surface area contributed by atoms with Gasteiger partial charge in [-0.1, -0.05) is 11.3 Å². The first-order chi connectivity index (χ1) is 16.4. The quantitative estimate of drug-likeness (QED) is 0.435. The Labute approximate surface area is 195 Å². The van der Waals surface area contributed by atoms with E-state index in [0.717, 1.165) is 18.5 Å². The van der Waals surface area contributed by atoms with Crippen LogP contribution in [-0.4, -0.2) is 47.1 Å². The second kappa shape index (κ2) is 8.79. The van der Waals surface area contributed by atoms with Crippen LogP contribution in [0.4, 0.5) is 10.2 Å². The van der Waals surface area contributed by atoms with Gasteiger partial charge >= 0.3 is 0 Å². The van der Waals surface area contributed by atoms with Crippen LogP contribution in [0, 0.1) is 12.7 Å². The molecule has 0 spiro atoms. The number of nitrogens with one attached hydrogen (secondary N) is 1. The van der Waals surface area contributed by atoms with Crippen LogP contribution in [0.15, 0.2) is 49.1 Å². The van der Waals surface area contributed by atoms with Gasteiger partial charge in [-0.25, -0.2) is 19.0 Å². The zero-order chi connectivity index (χ0) is 23.8. The maximum Gasteiger partial charge on any atom is 0.259 e. The molecule has 2 N–H and O–H groups in total. The molecule has 1 aliphatic rings. The van der Waals surface area contributed by atoms with E-state index in [2.05, 4.69) is 25.6 Å². The second-order valence-corrected chi connectivity index (χ2v) is 8.56. The van der Waals surface area contributed by atoms with Crippen molar-refractivity contribution in [3.8, 4) is 17.1 Å². The number of halogens is 1. The van der Waals surface area contributed by atoms with Gasteiger partial charge in [0.1, 0.15) is 17.3 Å². The third kappa shape index (κ3) is 4.19. The van der Waals surface area contributed by atoms with Crippen LogP contribution in [0.3, 0.4) is 0 Å². The number of carbonyl (C=O) groups is 1. The summed E-state index contributed by atoms with van der Waals surface area (Å²) in [6.45, 7) is 3.49. The molecule has 0 saturated heterocycles. The smallest absolute Gasteiger partial charge is 0.259 e. The lowest BCUT2D eigenvalue weighted by molar-refractivity contribution is 0.102. The van der Waals surface area contributed by atoms with Crippen molar-refractivity contribution in [1.29, 1.82) is 0 Å². The van der Waals surface area contributed by atoms with Gasteiger partial charge in [0.05, 0.1) is 47.8 Å². The Morgan fingerprint density at radius 3 is 2.91 bits per heavy atom. The van der Waals surface area contributed by atoms with E-state index in [-0.39, 0.29) is 24.0 Å². The highest BCUT2D eigenvalue weighted by Gasteiger charge is 2.26. The van der Waals surface area contributed by atoms with Crippen molar-refractivity contribution in [1.82, 2.24) is 29.5 Å². The predicted octanol–water partition coefficient (Wildman–Crippen LogP) is 3.66. The second-order valence-electron chi connectivity index (χ2n) is 8.56. The zero-order valence-corrected chi connectivity index (χ0v) is 18.8. The first-order valence-corrected chi connectivity index (χ1v) is 11.1. The molecule has 3 aromatic heterocycles. The Morgan fingerprint density at radius 2 is 2.15 bits per heavy atom. The summed E-state index contributed by atoms with van der Waals surface area (Å²) < 4.78 is 18.2. The van der Waals surface area contributed by atoms with Crippen LogP contribution >= 0.6 is 0 Å². The highest BCUT2D eigenvalue weighted by atomic mass is 19.1. The van der Waals surface area contributed by atoms with Crippen LogP contribution in [0.5, 0.6) is 0 Å². The minimum Gasteiger partial charge on any atom is -0.394 e. The molecule has 1 aliphatic carbocycles. The molecule has 9 nitrogen and oxygen atoms in total. The summed E-state index contributed by atoms with van der Waals surface area (Å²) in [5, 5.41) is 20.0. The molecule has 0 radical (unpaired) electrons. The van der Waals surface area contributed by atoms with Gasteiger partial charge in [-0.3, -0.25) is 4.79 Å². The fraction of sp³-hybridized carbons (Fsp3) is 0.292. The van der Waals surface area contributed by atoms with E-state index >= 15 is 0 Å². The lowest BCUT2D eigenvalue weighted by Gasteiger charge is -2.13. The van der Waals surface area contributed by atoms with Crippen molar-refractivity contribution in [2.75, 3.05) is 11.9 Å². The summed E-state index contributed by atoms with van der Waals surface area (Å²) in [5.41, 5.74) is 3.43. The lowest BCUT2D eigenvalue weighted by atomic mass is 10.1. The molecule has 34 heavy (non-hydrogen) atoms. The van der Waals surface area contributed by atoms with E-state index in [4.69, 9.17) is 0 Å². The Hall–Kier alpha value is -3.92. The highest BCUT2D eigenvalue weighted by molar-refractivity contribution is 6.04. The number of imidazole rings is 1. The van der Waals surface area contributed by atoms with Crippen molar-refractivity contribution < 1.29 is 14.3 Å². The molecule has 3 heterocycles. The van der Waals surface area contributed by atoms with Gasteiger partial charge in [0, 0.05) is 12.1 Å². The molecule has 5 rings (SSSR count). The highest BCUT2D eigenvalue weighted by Crippen LogP contribution is 2.39. The molecule has 1 fully saturated rings. The first kappa shape index (κ1) is 21.9. The minimum absolute atomic E-state index is 0.0879. The van der Waals surface area contributed by atoms with E-state index in [9.17, 15) is 14.3 Å². The van der Waals surface area contributed by atoms with E-state index in [1.54, 1.807) is 43.1 Å². The van der Waals surface area contributed by atoms with E-state index in [1.165, 1.54) is 18.3 Å². The maximum atomic E-state index is 14.8. The summed E-state index contributed by atoms with van der Waals surface area (Å²) in [7, 11) is 0. The number of hydrogen-bond acceptors (Lipinski definition) is 6. The topological polar surface area (TPSA) is 111 Å². The van der Waals surface area contributed by atoms with E-state index in [0.29, 0.717) is 28.6 Å². The summed E-state index contributed by atoms with van der Waals surface area (Å²) >= 11 is 0. The monoisotopic (exact) mass is 461 g/mol. The normalized spacial score (nSPS) is 14.2. The Bertz CT molecular complexity index is 1360. The fourth-order valence-electron chi connectivity index (χ4n) is 3.83. The van der Waals surface area contributed by atoms with Gasteiger partial charge < -0.3 is 15.0 Å². The molecular formula is C24H24FN7O2. The predicted molar refractivity (Wildman–Crippen MR) is 123 cm³/mol. The van der Waals surface area contributed by atoms with Gasteiger partial charge in [-0.15, -0.1) is 5.10 Å². The van der Waals surface area contributed by atoms with Crippen molar-refractivity contribution in [2.24, 2.45) is 0 Å². The van der Waals surface area contributed by atoms with Crippen LogP contribution in [0.25, 0.3) is 17.1 Å². The van der Waals surface area contributed by atoms with Gasteiger partial charge in [0.2, 0.25) is 0 Å². The van der Waals surface area contributed by atoms with Crippen LogP contribution in [0.2, 0.25) is 0 Å². The number of benzene rings is 1. The largest absolute Gasteiger partial charge is 0.394 e. The van der Waals surface area contributed by atoms with Crippen LogP contribution in [0.1, 0.15) is 53.3 Å². The first-order valence-electron chi connectivity index (χ1n) is 11.1. The molecule has 0 bridgehead atoms. The summed E-state index contributed by atoms with van der Waals surface area (Å²) in [5.74, 6) is -0.472. The Kier molecular flexibility index (Phi) is 5.66. The lowest BCUT2D eigenvalue weighted by Crippen LogP contribution is -2.16. The summed E-state index contributed by atoms with van der Waals surface area (Å²) in [4.78, 5) is 21.9. The van der Waals surface area contributed by atoms with Crippen molar-refractivity contribution in [3.05, 3.63) is 71.7 Å². The number of carbonyl (C=O) groups excluding carboxylic acids is 1. The number of rotatable bonds is 7. The zero-order valence-electron chi connectivity index (χ0n) is 18.8. The van der Waals surface area contributed by atoms with Gasteiger partial charge in [-0.2, -0.15) is 0 Å². The minimum atomic E-state index is -0.614. The van der Waals surface area contributed by atoms with Gasteiger partial charge in [-0.05, 0) is 56.5 Å². The standard InChI is InChI=1S/C24H24FN7O2/c1-14-8-18(25)17(9-21(14)31-11-20(26-13-31)16-6-7-16)24(34)29-23-5-3-4-19(28-23)22-10-27-30-32(22)15(2)12-33/h3-5,8-11,13,15-16,33H,6-7,12H2,1-2H3,(H,28,29,34)/t15-/m1/s1. The van der Waals surface area contributed by atoms with Crippen LogP contribution < -0.4 is 5.32 Å². The van der Waals surface area contributed by atoms with Crippen molar-refractivity contribution in [3.63, 3.8) is 0 Å². The average molecular weight is 462 g/mol. The number of aryl methyl sites for hydroxylation is 1. The number of nitrogens with zero attached hydrogens (tertiary/aromatic N) is 6. The SMILES string of the molecule is Cc1cc(F)c(C(=O)Nc2cccc(-c3cnnn3[C@H](C)CO)n2)cc1-n1cnc(C2CC2)c1. The molecule has 4 aromatic rings. The van der Waals surface area contributed by atoms with E-state index in [1.807, 2.05) is 10.8 Å². The van der Waals surface area contributed by atoms with Crippen molar-refractivity contribution in [2.45, 2.75) is 38.6 Å². The molecule has 10 heteroatoms. The number of hydrogen-bond donors (Lipinski definition) is 2. The van der Waals surface area contributed by atoms with E-state index < -0.39 is 11.7 Å². The fourth-order valence-corrected chi connectivity index (χ4v) is 3.83. The number of anilines is 1. The van der Waals surface area contributed by atoms with Crippen LogP contribution in [-0.2, 0) is 0 Å². The number of aliphatic hydroxyl groups is 1. The molecule has 0 aliphatic heterocycles. The maximum absolute atomic E-state index is 14.8. The average Bonchev–Trinajstić information content (AvgIpc) is 3.35.